The Balaban J connectivity index is 3.09. The molecule has 0 atom stereocenters. The number of carbonyl (C=O) groups is 1. The van der Waals surface area contributed by atoms with Crippen LogP contribution in [0.1, 0.15) is 61.0 Å². The minimum atomic E-state index is -4.23. The number of ether oxygens (including phenoxy) is 1. The highest BCUT2D eigenvalue weighted by atomic mass is 32.2. The highest BCUT2D eigenvalue weighted by molar-refractivity contribution is 7.89. The molecule has 160 valence electrons. The number of rotatable bonds is 5. The molecule has 1 amide bonds. The molecule has 0 saturated heterocycles. The van der Waals surface area contributed by atoms with E-state index in [1.807, 2.05) is 0 Å². The smallest absolute Gasteiger partial charge is 0.408 e. The Morgan fingerprint density at radius 3 is 2.00 bits per heavy atom. The molecule has 0 aliphatic rings. The van der Waals surface area contributed by atoms with Gasteiger partial charge in [-0.15, -0.1) is 0 Å². The largest absolute Gasteiger partial charge is 0.444 e. The Kier molecular flexibility index (Phi) is 6.89. The lowest BCUT2D eigenvalue weighted by atomic mass is 9.94. The second-order valence-electron chi connectivity index (χ2n) is 9.42. The molecule has 0 unspecified atom stereocenters. The number of amides is 1. The van der Waals surface area contributed by atoms with Gasteiger partial charge in [-0.3, -0.25) is 0 Å². The molecule has 1 aromatic carbocycles. The summed E-state index contributed by atoms with van der Waals surface area (Å²) in [6, 6.07) is 1.49. The van der Waals surface area contributed by atoms with Crippen LogP contribution in [0.3, 0.4) is 0 Å². The van der Waals surface area contributed by atoms with Crippen molar-refractivity contribution in [3.8, 4) is 0 Å². The van der Waals surface area contributed by atoms with Crippen LogP contribution in [-0.2, 0) is 21.2 Å². The van der Waals surface area contributed by atoms with Gasteiger partial charge in [0.25, 0.3) is 0 Å². The van der Waals surface area contributed by atoms with Crippen LogP contribution in [0.2, 0.25) is 0 Å². The van der Waals surface area contributed by atoms with Gasteiger partial charge in [-0.25, -0.2) is 26.7 Å². The van der Waals surface area contributed by atoms with Crippen LogP contribution < -0.4 is 10.0 Å². The van der Waals surface area contributed by atoms with Gasteiger partial charge in [0, 0.05) is 11.1 Å². The van der Waals surface area contributed by atoms with E-state index in [1.54, 1.807) is 55.4 Å². The predicted molar refractivity (Wildman–Crippen MR) is 104 cm³/mol. The van der Waals surface area contributed by atoms with Crippen LogP contribution >= 0.6 is 0 Å². The minimum absolute atomic E-state index is 0.0618. The number of benzene rings is 1. The Hall–Kier alpha value is -1.74. The number of halogens is 2. The number of sulfonamides is 1. The molecule has 1 rings (SSSR count). The lowest BCUT2D eigenvalue weighted by Crippen LogP contribution is -2.47. The summed E-state index contributed by atoms with van der Waals surface area (Å²) in [7, 11) is -4.23. The van der Waals surface area contributed by atoms with E-state index in [1.165, 1.54) is 0 Å². The van der Waals surface area contributed by atoms with E-state index in [9.17, 15) is 22.0 Å². The fraction of sp³-hybridized carbons (Fsp3) is 0.632. The first-order valence-corrected chi connectivity index (χ1v) is 10.3. The Morgan fingerprint density at radius 1 is 1.00 bits per heavy atom. The lowest BCUT2D eigenvalue weighted by molar-refractivity contribution is 0.0472. The summed E-state index contributed by atoms with van der Waals surface area (Å²) in [4.78, 5) is 11.2. The normalized spacial score (nSPS) is 13.4. The SMILES string of the molecule is CC(C)(C)NS(=O)(=O)c1cc(F)c(CC(C)(C)NC(=O)OC(C)(C)C)cc1F. The van der Waals surface area contributed by atoms with E-state index in [0.717, 1.165) is 6.07 Å². The van der Waals surface area contributed by atoms with Crippen LogP contribution in [0.4, 0.5) is 13.6 Å². The molecule has 0 saturated carbocycles. The Morgan fingerprint density at radius 2 is 1.54 bits per heavy atom. The zero-order chi connectivity index (χ0) is 22.1. The van der Waals surface area contributed by atoms with Crippen LogP contribution in [-0.4, -0.2) is 31.2 Å². The van der Waals surface area contributed by atoms with Gasteiger partial charge >= 0.3 is 6.09 Å². The summed E-state index contributed by atoms with van der Waals surface area (Å²) in [5, 5.41) is 2.60. The summed E-state index contributed by atoms with van der Waals surface area (Å²) in [5.41, 5.74) is -2.57. The highest BCUT2D eigenvalue weighted by Gasteiger charge is 2.29. The summed E-state index contributed by atoms with van der Waals surface area (Å²) in [6.45, 7) is 13.2. The Bertz CT molecular complexity index is 839. The van der Waals surface area contributed by atoms with E-state index < -0.39 is 49.3 Å². The summed E-state index contributed by atoms with van der Waals surface area (Å²) in [6.07, 6.45) is -0.755. The van der Waals surface area contributed by atoms with Crippen molar-refractivity contribution in [1.29, 1.82) is 0 Å². The topological polar surface area (TPSA) is 84.5 Å². The third-order valence-corrected chi connectivity index (χ3v) is 5.08. The van der Waals surface area contributed by atoms with Gasteiger partial charge in [-0.2, -0.15) is 0 Å². The van der Waals surface area contributed by atoms with Crippen molar-refractivity contribution >= 4 is 16.1 Å². The molecule has 0 heterocycles. The maximum atomic E-state index is 14.5. The molecule has 0 spiro atoms. The minimum Gasteiger partial charge on any atom is -0.444 e. The quantitative estimate of drug-likeness (QED) is 0.757. The molecule has 0 fully saturated rings. The Labute approximate surface area is 166 Å². The maximum absolute atomic E-state index is 14.5. The molecule has 2 N–H and O–H groups in total. The third kappa shape index (κ3) is 7.71. The van der Waals surface area contributed by atoms with Crippen molar-refractivity contribution in [2.75, 3.05) is 0 Å². The zero-order valence-electron chi connectivity index (χ0n) is 17.7. The summed E-state index contributed by atoms with van der Waals surface area (Å²) in [5.74, 6) is -1.95. The first kappa shape index (κ1) is 24.3. The lowest BCUT2D eigenvalue weighted by Gasteiger charge is -2.29. The van der Waals surface area contributed by atoms with Crippen molar-refractivity contribution in [3.63, 3.8) is 0 Å². The molecule has 0 aromatic heterocycles. The van der Waals surface area contributed by atoms with Gasteiger partial charge in [-0.1, -0.05) is 0 Å². The van der Waals surface area contributed by atoms with Crippen molar-refractivity contribution in [3.05, 3.63) is 29.3 Å². The van der Waals surface area contributed by atoms with Crippen LogP contribution in [0.15, 0.2) is 17.0 Å². The van der Waals surface area contributed by atoms with Gasteiger partial charge < -0.3 is 10.1 Å². The molecule has 0 radical (unpaired) electrons. The van der Waals surface area contributed by atoms with Crippen LogP contribution in [0.25, 0.3) is 0 Å². The van der Waals surface area contributed by atoms with Gasteiger partial charge in [0.2, 0.25) is 10.0 Å². The fourth-order valence-corrected chi connectivity index (χ4v) is 3.96. The van der Waals surface area contributed by atoms with Gasteiger partial charge in [-0.05, 0) is 79.5 Å². The molecule has 1 aromatic rings. The molecule has 9 heteroatoms. The van der Waals surface area contributed by atoms with Crippen molar-refractivity contribution in [1.82, 2.24) is 10.0 Å². The summed E-state index contributed by atoms with van der Waals surface area (Å²) >= 11 is 0. The number of hydrogen-bond donors (Lipinski definition) is 2. The van der Waals surface area contributed by atoms with Gasteiger partial charge in [0.15, 0.2) is 0 Å². The van der Waals surface area contributed by atoms with Gasteiger partial charge in [0.05, 0.1) is 0 Å². The second kappa shape index (κ2) is 7.94. The van der Waals surface area contributed by atoms with E-state index >= 15 is 0 Å². The summed E-state index contributed by atoms with van der Waals surface area (Å²) < 4.78 is 61.1. The fourth-order valence-electron chi connectivity index (χ4n) is 2.47. The molecule has 0 aliphatic heterocycles. The average molecular weight is 421 g/mol. The van der Waals surface area contributed by atoms with Crippen molar-refractivity contribution < 1.29 is 26.7 Å². The number of alkyl carbamates (subject to hydrolysis) is 1. The van der Waals surface area contributed by atoms with Crippen LogP contribution in [0, 0.1) is 11.6 Å². The maximum Gasteiger partial charge on any atom is 0.408 e. The molecular weight excluding hydrogens is 390 g/mol. The van der Waals surface area contributed by atoms with Crippen LogP contribution in [0.5, 0.6) is 0 Å². The number of carbonyl (C=O) groups excluding carboxylic acids is 1. The molecule has 0 bridgehead atoms. The zero-order valence-corrected chi connectivity index (χ0v) is 18.5. The van der Waals surface area contributed by atoms with Crippen molar-refractivity contribution in [2.24, 2.45) is 0 Å². The van der Waals surface area contributed by atoms with E-state index in [2.05, 4.69) is 10.0 Å². The number of nitrogens with one attached hydrogen (secondary N) is 2. The predicted octanol–water partition coefficient (Wildman–Crippen LogP) is 3.89. The van der Waals surface area contributed by atoms with Crippen molar-refractivity contribution in [2.45, 2.75) is 83.4 Å². The highest BCUT2D eigenvalue weighted by Crippen LogP contribution is 2.24. The third-order valence-electron chi connectivity index (χ3n) is 3.30. The molecule has 6 nitrogen and oxygen atoms in total. The number of hydrogen-bond acceptors (Lipinski definition) is 4. The average Bonchev–Trinajstić information content (AvgIpc) is 2.35. The van der Waals surface area contributed by atoms with E-state index in [0.29, 0.717) is 6.07 Å². The molecule has 28 heavy (non-hydrogen) atoms. The monoisotopic (exact) mass is 420 g/mol. The van der Waals surface area contributed by atoms with E-state index in [-0.39, 0.29) is 12.0 Å². The first-order valence-electron chi connectivity index (χ1n) is 8.84. The first-order chi connectivity index (χ1) is 12.3. The molecule has 0 aliphatic carbocycles. The second-order valence-corrected chi connectivity index (χ2v) is 11.1. The van der Waals surface area contributed by atoms with E-state index in [4.69, 9.17) is 4.74 Å². The standard InChI is InChI=1S/C19H30F2N2O4S/c1-17(2,3)23-28(25,26)15-10-13(20)12(9-14(15)21)11-19(7,8)22-16(24)27-18(4,5)6/h9-10,23H,11H2,1-8H3,(H,22,24). The molecular formula is C19H30F2N2O4S. The van der Waals surface area contributed by atoms with Gasteiger partial charge in [0.1, 0.15) is 22.1 Å².